The molecule has 1 aliphatic rings. The minimum Gasteiger partial charge on any atom is -0.338 e. The molecule has 1 aliphatic carbocycles. The third kappa shape index (κ3) is 3.26. The van der Waals surface area contributed by atoms with Gasteiger partial charge in [0.2, 0.25) is 17.5 Å². The molecule has 2 aromatic rings. The van der Waals surface area contributed by atoms with Crippen molar-refractivity contribution in [2.45, 2.75) is 51.0 Å². The summed E-state index contributed by atoms with van der Waals surface area (Å²) in [4.78, 5) is 12.9. The molecule has 0 aliphatic heterocycles. The number of hydrogen-bond donors (Lipinski definition) is 1. The van der Waals surface area contributed by atoms with Crippen LogP contribution in [0.4, 0.5) is 0 Å². The lowest BCUT2D eigenvalue weighted by Crippen LogP contribution is -2.34. The van der Waals surface area contributed by atoms with Crippen molar-refractivity contribution in [2.75, 3.05) is 6.54 Å². The van der Waals surface area contributed by atoms with Gasteiger partial charge in [0, 0.05) is 18.4 Å². The quantitative estimate of drug-likeness (QED) is 0.871. The first-order valence-corrected chi connectivity index (χ1v) is 7.73. The highest BCUT2D eigenvalue weighted by molar-refractivity contribution is 5.40. The molecule has 0 saturated heterocycles. The molecule has 6 heteroatoms. The van der Waals surface area contributed by atoms with Gasteiger partial charge in [-0.2, -0.15) is 4.98 Å². The molecule has 2 heterocycles. The Morgan fingerprint density at radius 3 is 2.76 bits per heavy atom. The Balaban J connectivity index is 1.83. The maximum absolute atomic E-state index is 5.51. The molecule has 112 valence electrons. The van der Waals surface area contributed by atoms with Crippen molar-refractivity contribution < 1.29 is 4.52 Å². The fourth-order valence-corrected chi connectivity index (χ4v) is 3.00. The molecule has 0 radical (unpaired) electrons. The zero-order valence-electron chi connectivity index (χ0n) is 12.3. The predicted molar refractivity (Wildman–Crippen MR) is 78.6 cm³/mol. The van der Waals surface area contributed by atoms with E-state index in [2.05, 4.69) is 32.3 Å². The zero-order chi connectivity index (χ0) is 14.5. The van der Waals surface area contributed by atoms with E-state index in [4.69, 9.17) is 4.52 Å². The van der Waals surface area contributed by atoms with Crippen LogP contribution in [0.15, 0.2) is 23.0 Å². The van der Waals surface area contributed by atoms with Gasteiger partial charge in [0.15, 0.2) is 0 Å². The first-order valence-electron chi connectivity index (χ1n) is 7.73. The molecular weight excluding hydrogens is 266 g/mol. The van der Waals surface area contributed by atoms with E-state index in [1.54, 1.807) is 18.5 Å². The molecule has 1 fully saturated rings. The van der Waals surface area contributed by atoms with E-state index < -0.39 is 0 Å². The van der Waals surface area contributed by atoms with Crippen molar-refractivity contribution in [3.63, 3.8) is 0 Å². The Hall–Kier alpha value is -1.82. The van der Waals surface area contributed by atoms with Crippen LogP contribution in [0.5, 0.6) is 0 Å². The normalized spacial score (nSPS) is 22.9. The second kappa shape index (κ2) is 6.76. The van der Waals surface area contributed by atoms with E-state index >= 15 is 0 Å². The van der Waals surface area contributed by atoms with Gasteiger partial charge >= 0.3 is 0 Å². The van der Waals surface area contributed by atoms with Gasteiger partial charge in [-0.25, -0.2) is 9.97 Å². The fourth-order valence-electron chi connectivity index (χ4n) is 3.00. The zero-order valence-corrected chi connectivity index (χ0v) is 12.3. The van der Waals surface area contributed by atoms with E-state index in [9.17, 15) is 0 Å². The van der Waals surface area contributed by atoms with Gasteiger partial charge in [0.05, 0.1) is 5.92 Å². The summed E-state index contributed by atoms with van der Waals surface area (Å²) in [5, 5.41) is 7.61. The van der Waals surface area contributed by atoms with Gasteiger partial charge in [-0.15, -0.1) is 0 Å². The minimum atomic E-state index is 0.289. The number of rotatable bonds is 4. The Kier molecular flexibility index (Phi) is 4.55. The highest BCUT2D eigenvalue weighted by atomic mass is 16.5. The van der Waals surface area contributed by atoms with Crippen LogP contribution in [-0.4, -0.2) is 32.7 Å². The molecule has 0 aromatic carbocycles. The summed E-state index contributed by atoms with van der Waals surface area (Å²) in [6.07, 6.45) is 9.38. The number of likely N-dealkylation sites (N-methyl/N-ethyl adjacent to an activating group) is 1. The fraction of sp³-hybridized carbons (Fsp3) is 0.600. The van der Waals surface area contributed by atoms with Gasteiger partial charge in [-0.1, -0.05) is 31.3 Å². The lowest BCUT2D eigenvalue weighted by molar-refractivity contribution is 0.306. The maximum Gasteiger partial charge on any atom is 0.240 e. The molecule has 2 aromatic heterocycles. The SMILES string of the molecule is CCNC1CCCCCC1c1nc(-c2ncccn2)no1. The summed E-state index contributed by atoms with van der Waals surface area (Å²) < 4.78 is 5.51. The van der Waals surface area contributed by atoms with Crippen molar-refractivity contribution in [2.24, 2.45) is 0 Å². The van der Waals surface area contributed by atoms with Crippen molar-refractivity contribution in [3.05, 3.63) is 24.4 Å². The standard InChI is InChI=1S/C15H21N5O/c1-2-16-12-8-5-3-4-7-11(12)15-19-14(20-21-15)13-17-9-6-10-18-13/h6,9-12,16H,2-5,7-8H2,1H3. The van der Waals surface area contributed by atoms with Gasteiger partial charge in [-0.3, -0.25) is 0 Å². The Labute approximate surface area is 124 Å². The largest absolute Gasteiger partial charge is 0.338 e. The van der Waals surface area contributed by atoms with Crippen LogP contribution in [0.25, 0.3) is 11.6 Å². The molecule has 2 unspecified atom stereocenters. The summed E-state index contributed by atoms with van der Waals surface area (Å²) in [7, 11) is 0. The summed E-state index contributed by atoms with van der Waals surface area (Å²) >= 11 is 0. The summed E-state index contributed by atoms with van der Waals surface area (Å²) in [5.41, 5.74) is 0. The van der Waals surface area contributed by atoms with Crippen molar-refractivity contribution in [3.8, 4) is 11.6 Å². The molecule has 0 bridgehead atoms. The molecule has 3 rings (SSSR count). The van der Waals surface area contributed by atoms with Crippen molar-refractivity contribution >= 4 is 0 Å². The number of aromatic nitrogens is 4. The molecule has 0 spiro atoms. The second-order valence-corrected chi connectivity index (χ2v) is 5.44. The molecule has 1 saturated carbocycles. The minimum absolute atomic E-state index is 0.289. The molecule has 6 nitrogen and oxygen atoms in total. The highest BCUT2D eigenvalue weighted by Crippen LogP contribution is 2.31. The van der Waals surface area contributed by atoms with Crippen LogP contribution in [0, 0.1) is 0 Å². The van der Waals surface area contributed by atoms with E-state index in [1.807, 2.05) is 0 Å². The van der Waals surface area contributed by atoms with E-state index in [-0.39, 0.29) is 5.92 Å². The van der Waals surface area contributed by atoms with Crippen LogP contribution in [0.3, 0.4) is 0 Å². The van der Waals surface area contributed by atoms with Crippen molar-refractivity contribution in [1.82, 2.24) is 25.4 Å². The monoisotopic (exact) mass is 287 g/mol. The van der Waals surface area contributed by atoms with Crippen LogP contribution >= 0.6 is 0 Å². The van der Waals surface area contributed by atoms with Gasteiger partial charge in [0.25, 0.3) is 0 Å². The third-order valence-corrected chi connectivity index (χ3v) is 4.01. The van der Waals surface area contributed by atoms with Gasteiger partial charge in [-0.05, 0) is 25.5 Å². The van der Waals surface area contributed by atoms with Crippen LogP contribution in [-0.2, 0) is 0 Å². The predicted octanol–water partition coefficient (Wildman–Crippen LogP) is 2.55. The lowest BCUT2D eigenvalue weighted by Gasteiger charge is -2.22. The lowest BCUT2D eigenvalue weighted by atomic mass is 9.94. The molecule has 2 atom stereocenters. The summed E-state index contributed by atoms with van der Waals surface area (Å²) in [6.45, 7) is 3.10. The molecule has 21 heavy (non-hydrogen) atoms. The van der Waals surface area contributed by atoms with E-state index in [1.165, 1.54) is 19.3 Å². The average Bonchev–Trinajstić information content (AvgIpc) is 2.90. The Morgan fingerprint density at radius 1 is 1.14 bits per heavy atom. The molecular formula is C15H21N5O. The smallest absolute Gasteiger partial charge is 0.240 e. The Bertz CT molecular complexity index is 556. The van der Waals surface area contributed by atoms with Gasteiger partial charge in [0.1, 0.15) is 0 Å². The van der Waals surface area contributed by atoms with Gasteiger partial charge < -0.3 is 9.84 Å². The summed E-state index contributed by atoms with van der Waals surface area (Å²) in [5.74, 6) is 1.99. The van der Waals surface area contributed by atoms with E-state index in [0.717, 1.165) is 19.4 Å². The first kappa shape index (κ1) is 14.1. The van der Waals surface area contributed by atoms with Crippen LogP contribution < -0.4 is 5.32 Å². The second-order valence-electron chi connectivity index (χ2n) is 5.44. The summed E-state index contributed by atoms with van der Waals surface area (Å²) in [6, 6.07) is 2.19. The van der Waals surface area contributed by atoms with Crippen LogP contribution in [0.1, 0.15) is 50.8 Å². The van der Waals surface area contributed by atoms with Crippen LogP contribution in [0.2, 0.25) is 0 Å². The third-order valence-electron chi connectivity index (χ3n) is 4.01. The first-order chi connectivity index (χ1) is 10.4. The Morgan fingerprint density at radius 2 is 1.95 bits per heavy atom. The number of hydrogen-bond acceptors (Lipinski definition) is 6. The van der Waals surface area contributed by atoms with Crippen molar-refractivity contribution in [1.29, 1.82) is 0 Å². The molecule has 1 N–H and O–H groups in total. The number of nitrogens with zero attached hydrogens (tertiary/aromatic N) is 4. The topological polar surface area (TPSA) is 76.7 Å². The average molecular weight is 287 g/mol. The van der Waals surface area contributed by atoms with E-state index in [0.29, 0.717) is 23.6 Å². The number of nitrogens with one attached hydrogen (secondary N) is 1. The molecule has 0 amide bonds. The highest BCUT2D eigenvalue weighted by Gasteiger charge is 2.29. The maximum atomic E-state index is 5.51.